The molecule has 0 unspecified atom stereocenters. The lowest BCUT2D eigenvalue weighted by atomic mass is 9.80. The Morgan fingerprint density at radius 1 is 0.148 bits per heavy atom. The monoisotopic (exact) mass is 1120 g/mol. The van der Waals surface area contributed by atoms with Crippen molar-refractivity contribution in [3.63, 3.8) is 0 Å². The molecule has 6 aromatic carbocycles. The molecule has 0 aliphatic heterocycles. The lowest BCUT2D eigenvalue weighted by Gasteiger charge is -2.36. The Bertz CT molecular complexity index is 2000. The van der Waals surface area contributed by atoms with E-state index in [1.807, 2.05) is 109 Å². The van der Waals surface area contributed by atoms with E-state index in [0.717, 1.165) is 33.4 Å². The summed E-state index contributed by atoms with van der Waals surface area (Å²) in [4.78, 5) is 0. The molecule has 6 aromatic rings. The van der Waals surface area contributed by atoms with E-state index >= 15 is 0 Å². The van der Waals surface area contributed by atoms with E-state index in [-0.39, 0.29) is 0 Å². The predicted octanol–water partition coefficient (Wildman–Crippen LogP) is 9.22. The third kappa shape index (κ3) is 24.6. The average molecular weight is 1120 g/mol. The Morgan fingerprint density at radius 3 is 0.383 bits per heavy atom. The van der Waals surface area contributed by atoms with Crippen molar-refractivity contribution in [1.82, 2.24) is 0 Å². The Kier molecular flexibility index (Phi) is 34.1. The first kappa shape index (κ1) is 64.9. The molecule has 0 fully saturated rings. The van der Waals surface area contributed by atoms with Crippen LogP contribution in [0.25, 0.3) is 0 Å². The van der Waals surface area contributed by atoms with Crippen LogP contribution in [0.15, 0.2) is 182 Å². The van der Waals surface area contributed by atoms with Gasteiger partial charge in [-0.2, -0.15) is 0 Å². The van der Waals surface area contributed by atoms with E-state index in [4.69, 9.17) is 71.1 Å². The largest absolute Gasteiger partial charge is 0.377 e. The summed E-state index contributed by atoms with van der Waals surface area (Å²) in [6.07, 6.45) is 0. The maximum absolute atomic E-state index is 6.75. The van der Waals surface area contributed by atoms with Gasteiger partial charge >= 0.3 is 0 Å². The fourth-order valence-electron chi connectivity index (χ4n) is 8.79. The molecule has 0 bridgehead atoms. The molecule has 0 aromatic heterocycles. The predicted molar refractivity (Wildman–Crippen MR) is 311 cm³/mol. The topological polar surface area (TPSA) is 138 Å². The molecule has 0 amide bonds. The van der Waals surface area contributed by atoms with E-state index in [0.29, 0.717) is 185 Å². The van der Waals surface area contributed by atoms with Crippen molar-refractivity contribution < 1.29 is 71.1 Å². The third-order valence-electron chi connectivity index (χ3n) is 12.6. The molecule has 0 saturated heterocycles. The zero-order chi connectivity index (χ0) is 56.1. The molecule has 0 radical (unpaired) electrons. The molecular formula is C66H86O15. The summed E-state index contributed by atoms with van der Waals surface area (Å²) >= 11 is 0. The van der Waals surface area contributed by atoms with E-state index in [1.54, 1.807) is 0 Å². The second-order valence-electron chi connectivity index (χ2n) is 18.2. The highest BCUT2D eigenvalue weighted by atomic mass is 16.6. The van der Waals surface area contributed by atoms with Crippen LogP contribution in [0.3, 0.4) is 0 Å². The highest BCUT2D eigenvalue weighted by molar-refractivity contribution is 5.49. The molecule has 440 valence electrons. The van der Waals surface area contributed by atoms with Crippen LogP contribution in [0, 0.1) is 0 Å². The summed E-state index contributed by atoms with van der Waals surface area (Å²) in [5, 5.41) is 0. The number of benzene rings is 6. The van der Waals surface area contributed by atoms with Gasteiger partial charge < -0.3 is 71.1 Å². The Balaban J connectivity index is 0.616. The zero-order valence-electron chi connectivity index (χ0n) is 47.2. The normalized spacial score (nSPS) is 11.9. The summed E-state index contributed by atoms with van der Waals surface area (Å²) in [5.41, 5.74) is 4.86. The standard InChI is InChI=1S/C66H86O15/c1-7-19-59(20-8-1)65(60-21-9-2-10-22-60,61-23-11-3-12-24-61)80-57-55-78-53-51-76-49-47-74-45-43-72-41-39-70-37-35-68-33-31-67-32-34-69-36-38-71-40-42-73-44-46-75-48-50-77-52-54-79-56-58-81-66(62-25-13-4-14-26-62,63-27-15-5-16-28-63)64-29-17-6-18-30-64/h1-30H,31-58H2. The van der Waals surface area contributed by atoms with E-state index in [9.17, 15) is 0 Å². The van der Waals surface area contributed by atoms with Crippen LogP contribution in [0.2, 0.25) is 0 Å². The van der Waals surface area contributed by atoms with Gasteiger partial charge in [-0.25, -0.2) is 0 Å². The van der Waals surface area contributed by atoms with Crippen molar-refractivity contribution in [1.29, 1.82) is 0 Å². The molecular weight excluding hydrogens is 1030 g/mol. The quantitative estimate of drug-likeness (QED) is 0.0265. The van der Waals surface area contributed by atoms with Crippen molar-refractivity contribution in [2.24, 2.45) is 0 Å². The molecule has 6 rings (SSSR count). The SMILES string of the molecule is c1ccc(C(OCCOCCOCCOCCOCCOCCOCCOCCOCCOCCOCCOCCOCCOCCOC(c2ccccc2)(c2ccccc2)c2ccccc2)(c2ccccc2)c2ccccc2)cc1. The van der Waals surface area contributed by atoms with Crippen molar-refractivity contribution in [2.45, 2.75) is 11.2 Å². The molecule has 15 heteroatoms. The molecule has 0 aliphatic rings. The van der Waals surface area contributed by atoms with Crippen LogP contribution < -0.4 is 0 Å². The molecule has 0 saturated carbocycles. The van der Waals surface area contributed by atoms with Gasteiger partial charge in [-0.3, -0.25) is 0 Å². The van der Waals surface area contributed by atoms with Gasteiger partial charge in [-0.1, -0.05) is 182 Å². The number of ether oxygens (including phenoxy) is 15. The summed E-state index contributed by atoms with van der Waals surface area (Å²) in [5.74, 6) is 0. The summed E-state index contributed by atoms with van der Waals surface area (Å²) < 4.78 is 86.9. The maximum atomic E-state index is 6.75. The van der Waals surface area contributed by atoms with Gasteiger partial charge in [0.2, 0.25) is 0 Å². The Morgan fingerprint density at radius 2 is 0.259 bits per heavy atom. The molecule has 0 aliphatic carbocycles. The van der Waals surface area contributed by atoms with Crippen LogP contribution >= 0.6 is 0 Å². The highest BCUT2D eigenvalue weighted by Gasteiger charge is 2.38. The minimum atomic E-state index is -0.761. The van der Waals surface area contributed by atoms with Crippen molar-refractivity contribution in [3.8, 4) is 0 Å². The summed E-state index contributed by atoms with van der Waals surface area (Å²) in [7, 11) is 0. The maximum Gasteiger partial charge on any atom is 0.143 e. The first-order valence-electron chi connectivity index (χ1n) is 28.5. The van der Waals surface area contributed by atoms with Crippen LogP contribution in [-0.4, -0.2) is 185 Å². The average Bonchev–Trinajstić information content (AvgIpc) is 3.59. The van der Waals surface area contributed by atoms with E-state index < -0.39 is 11.2 Å². The smallest absolute Gasteiger partial charge is 0.143 e. The summed E-state index contributed by atoms with van der Waals surface area (Å²) in [6.45, 7) is 13.3. The van der Waals surface area contributed by atoms with Crippen molar-refractivity contribution in [2.75, 3.05) is 185 Å². The first-order valence-corrected chi connectivity index (χ1v) is 28.5. The van der Waals surface area contributed by atoms with Crippen LogP contribution in [0.4, 0.5) is 0 Å². The van der Waals surface area contributed by atoms with Crippen LogP contribution in [-0.2, 0) is 82.3 Å². The molecule has 0 heterocycles. The number of hydrogen-bond donors (Lipinski definition) is 0. The third-order valence-corrected chi connectivity index (χ3v) is 12.6. The molecule has 0 atom stereocenters. The summed E-state index contributed by atoms with van der Waals surface area (Å²) in [6, 6.07) is 62.0. The molecule has 81 heavy (non-hydrogen) atoms. The van der Waals surface area contributed by atoms with Gasteiger partial charge in [0.1, 0.15) is 11.2 Å². The van der Waals surface area contributed by atoms with Gasteiger partial charge in [0.25, 0.3) is 0 Å². The van der Waals surface area contributed by atoms with Gasteiger partial charge in [-0.05, 0) is 33.4 Å². The molecule has 0 N–H and O–H groups in total. The van der Waals surface area contributed by atoms with Gasteiger partial charge in [-0.15, -0.1) is 0 Å². The second-order valence-corrected chi connectivity index (χ2v) is 18.2. The van der Waals surface area contributed by atoms with Crippen LogP contribution in [0.1, 0.15) is 33.4 Å². The van der Waals surface area contributed by atoms with Gasteiger partial charge in [0.15, 0.2) is 0 Å². The second kappa shape index (κ2) is 42.5. The van der Waals surface area contributed by atoms with Gasteiger partial charge in [0, 0.05) is 0 Å². The Labute approximate surface area is 480 Å². The van der Waals surface area contributed by atoms with E-state index in [1.165, 1.54) is 0 Å². The first-order chi connectivity index (χ1) is 40.3. The zero-order valence-corrected chi connectivity index (χ0v) is 47.2. The van der Waals surface area contributed by atoms with Crippen molar-refractivity contribution in [3.05, 3.63) is 215 Å². The molecule has 15 nitrogen and oxygen atoms in total. The van der Waals surface area contributed by atoms with Crippen molar-refractivity contribution >= 4 is 0 Å². The minimum Gasteiger partial charge on any atom is -0.377 e. The minimum absolute atomic E-state index is 0.409. The Hall–Kier alpha value is -5.28. The lowest BCUT2D eigenvalue weighted by Crippen LogP contribution is -2.34. The lowest BCUT2D eigenvalue weighted by molar-refractivity contribution is -0.0403. The van der Waals surface area contributed by atoms with E-state index in [2.05, 4.69) is 72.8 Å². The number of hydrogen-bond acceptors (Lipinski definition) is 15. The van der Waals surface area contributed by atoms with Gasteiger partial charge in [0.05, 0.1) is 185 Å². The highest BCUT2D eigenvalue weighted by Crippen LogP contribution is 2.41. The molecule has 0 spiro atoms. The fourth-order valence-corrected chi connectivity index (χ4v) is 8.79. The fraction of sp³-hybridized carbons (Fsp3) is 0.455. The van der Waals surface area contributed by atoms with Crippen LogP contribution in [0.5, 0.6) is 0 Å². The number of rotatable bonds is 50.